The average Bonchev–Trinajstić information content (AvgIpc) is 3.22. The Morgan fingerprint density at radius 2 is 1.80 bits per heavy atom. The normalized spacial score (nSPS) is 18.2. The number of ether oxygens (including phenoxy) is 2. The summed E-state index contributed by atoms with van der Waals surface area (Å²) in [5, 5.41) is 2.90. The van der Waals surface area contributed by atoms with E-state index in [2.05, 4.69) is 5.32 Å². The highest BCUT2D eigenvalue weighted by Crippen LogP contribution is 2.38. The topological polar surface area (TPSA) is 67.9 Å². The largest absolute Gasteiger partial charge is 0.486 e. The van der Waals surface area contributed by atoms with Crippen molar-refractivity contribution in [2.24, 2.45) is 5.41 Å². The Balaban J connectivity index is 1.54. The third kappa shape index (κ3) is 4.13. The number of nitrogens with zero attached hydrogens (tertiary/aromatic N) is 1. The molecule has 0 bridgehead atoms. The molecule has 4 rings (SSSR count). The lowest BCUT2D eigenvalue weighted by atomic mass is 9.95. The number of hydrogen-bond donors (Lipinski definition) is 1. The quantitative estimate of drug-likeness (QED) is 0.816. The Morgan fingerprint density at radius 1 is 1.03 bits per heavy atom. The second-order valence-electron chi connectivity index (χ2n) is 8.84. The van der Waals surface area contributed by atoms with Crippen LogP contribution < -0.4 is 14.8 Å². The van der Waals surface area contributed by atoms with Crippen molar-refractivity contribution in [3.63, 3.8) is 0 Å². The van der Waals surface area contributed by atoms with Gasteiger partial charge in [-0.25, -0.2) is 0 Å². The molecule has 2 heterocycles. The number of benzene rings is 2. The van der Waals surface area contributed by atoms with Crippen LogP contribution in [0.1, 0.15) is 55.6 Å². The van der Waals surface area contributed by atoms with Crippen molar-refractivity contribution < 1.29 is 19.1 Å². The Kier molecular flexibility index (Phi) is 5.41. The van der Waals surface area contributed by atoms with Crippen LogP contribution in [0.25, 0.3) is 0 Å². The molecule has 2 aliphatic rings. The Labute approximate surface area is 177 Å². The summed E-state index contributed by atoms with van der Waals surface area (Å²) in [5.74, 6) is 1.38. The minimum atomic E-state index is -0.502. The first-order valence-corrected chi connectivity index (χ1v) is 10.4. The van der Waals surface area contributed by atoms with Gasteiger partial charge in [0.05, 0.1) is 6.04 Å². The van der Waals surface area contributed by atoms with E-state index in [-0.39, 0.29) is 17.9 Å². The van der Waals surface area contributed by atoms with Gasteiger partial charge in [0.1, 0.15) is 13.2 Å². The summed E-state index contributed by atoms with van der Waals surface area (Å²) in [6.45, 7) is 7.38. The third-order valence-corrected chi connectivity index (χ3v) is 5.51. The van der Waals surface area contributed by atoms with Crippen molar-refractivity contribution in [1.82, 2.24) is 4.90 Å². The fraction of sp³-hybridized carbons (Fsp3) is 0.417. The van der Waals surface area contributed by atoms with Crippen LogP contribution in [-0.4, -0.2) is 36.5 Å². The van der Waals surface area contributed by atoms with Gasteiger partial charge in [-0.15, -0.1) is 0 Å². The summed E-state index contributed by atoms with van der Waals surface area (Å²) >= 11 is 0. The van der Waals surface area contributed by atoms with E-state index in [1.54, 1.807) is 18.2 Å². The van der Waals surface area contributed by atoms with E-state index in [0.29, 0.717) is 31.0 Å². The number of carbonyl (C=O) groups excluding carboxylic acids is 2. The zero-order valence-corrected chi connectivity index (χ0v) is 17.7. The standard InChI is InChI=1S/C24H28N2O4/c1-24(2,3)23(28)25-18-7-4-6-17(14-18)22(27)26-11-5-8-19(26)16-9-10-20-21(15-16)30-13-12-29-20/h4,6-7,9-10,14-15,19H,5,8,11-13H2,1-3H3,(H,25,28)/t19-/m0/s1. The van der Waals surface area contributed by atoms with Crippen LogP contribution in [-0.2, 0) is 4.79 Å². The van der Waals surface area contributed by atoms with Gasteiger partial charge in [-0.1, -0.05) is 32.9 Å². The molecule has 0 aliphatic carbocycles. The predicted octanol–water partition coefficient (Wildman–Crippen LogP) is 4.42. The Morgan fingerprint density at radius 3 is 2.57 bits per heavy atom. The molecule has 0 spiro atoms. The minimum Gasteiger partial charge on any atom is -0.486 e. The van der Waals surface area contributed by atoms with Crippen LogP contribution in [0.3, 0.4) is 0 Å². The second-order valence-corrected chi connectivity index (χ2v) is 8.84. The van der Waals surface area contributed by atoms with E-state index in [0.717, 1.165) is 29.9 Å². The molecule has 2 aromatic carbocycles. The van der Waals surface area contributed by atoms with E-state index in [1.165, 1.54) is 0 Å². The molecule has 0 aromatic heterocycles. The highest BCUT2D eigenvalue weighted by molar-refractivity contribution is 5.98. The van der Waals surface area contributed by atoms with Crippen molar-refractivity contribution >= 4 is 17.5 Å². The van der Waals surface area contributed by atoms with Gasteiger partial charge in [-0.3, -0.25) is 9.59 Å². The van der Waals surface area contributed by atoms with Crippen LogP contribution in [0.2, 0.25) is 0 Å². The Bertz CT molecular complexity index is 964. The van der Waals surface area contributed by atoms with Gasteiger partial charge >= 0.3 is 0 Å². The summed E-state index contributed by atoms with van der Waals surface area (Å²) in [7, 11) is 0. The minimum absolute atomic E-state index is 0.00106. The fourth-order valence-corrected chi connectivity index (χ4v) is 3.84. The SMILES string of the molecule is CC(C)(C)C(=O)Nc1cccc(C(=O)N2CCC[C@H]2c2ccc3c(c2)OCCO3)c1. The molecule has 2 aliphatic heterocycles. The molecular weight excluding hydrogens is 380 g/mol. The van der Waals surface area contributed by atoms with Gasteiger partial charge in [-0.05, 0) is 48.7 Å². The van der Waals surface area contributed by atoms with Crippen molar-refractivity contribution in [1.29, 1.82) is 0 Å². The molecule has 0 saturated carbocycles. The molecule has 6 nitrogen and oxygen atoms in total. The molecule has 1 fully saturated rings. The summed E-state index contributed by atoms with van der Waals surface area (Å²) in [4.78, 5) is 27.5. The van der Waals surface area contributed by atoms with Gasteiger partial charge in [0, 0.05) is 23.2 Å². The molecule has 1 saturated heterocycles. The smallest absolute Gasteiger partial charge is 0.254 e. The summed E-state index contributed by atoms with van der Waals surface area (Å²) in [6, 6.07) is 13.1. The van der Waals surface area contributed by atoms with E-state index in [9.17, 15) is 9.59 Å². The fourth-order valence-electron chi connectivity index (χ4n) is 3.84. The zero-order chi connectivity index (χ0) is 21.3. The monoisotopic (exact) mass is 408 g/mol. The predicted molar refractivity (Wildman–Crippen MR) is 115 cm³/mol. The maximum atomic E-state index is 13.3. The number of fused-ring (bicyclic) bond motifs is 1. The molecule has 2 aromatic rings. The van der Waals surface area contributed by atoms with Crippen LogP contribution in [0.15, 0.2) is 42.5 Å². The molecule has 158 valence electrons. The number of nitrogens with one attached hydrogen (secondary N) is 1. The molecule has 6 heteroatoms. The van der Waals surface area contributed by atoms with Gasteiger partial charge < -0.3 is 19.7 Å². The maximum absolute atomic E-state index is 13.3. The first-order chi connectivity index (χ1) is 14.3. The highest BCUT2D eigenvalue weighted by atomic mass is 16.6. The molecule has 0 radical (unpaired) electrons. The number of rotatable bonds is 3. The van der Waals surface area contributed by atoms with Crippen LogP contribution >= 0.6 is 0 Å². The van der Waals surface area contributed by atoms with Gasteiger partial charge in [0.25, 0.3) is 5.91 Å². The number of anilines is 1. The molecule has 1 atom stereocenters. The Hall–Kier alpha value is -3.02. The van der Waals surface area contributed by atoms with Crippen LogP contribution in [0, 0.1) is 5.41 Å². The maximum Gasteiger partial charge on any atom is 0.254 e. The van der Waals surface area contributed by atoms with E-state index >= 15 is 0 Å². The molecule has 30 heavy (non-hydrogen) atoms. The number of amides is 2. The molecule has 1 N–H and O–H groups in total. The van der Waals surface area contributed by atoms with Crippen molar-refractivity contribution in [3.8, 4) is 11.5 Å². The van der Waals surface area contributed by atoms with Crippen LogP contribution in [0.5, 0.6) is 11.5 Å². The lowest BCUT2D eigenvalue weighted by Gasteiger charge is -2.27. The number of carbonyl (C=O) groups is 2. The molecule has 2 amide bonds. The summed E-state index contributed by atoms with van der Waals surface area (Å²) in [5.41, 5.74) is 1.77. The van der Waals surface area contributed by atoms with Gasteiger partial charge in [0.2, 0.25) is 5.91 Å². The average molecular weight is 408 g/mol. The van der Waals surface area contributed by atoms with Crippen LogP contribution in [0.4, 0.5) is 5.69 Å². The first-order valence-electron chi connectivity index (χ1n) is 10.4. The lowest BCUT2D eigenvalue weighted by molar-refractivity contribution is -0.123. The molecule has 0 unspecified atom stereocenters. The molecular formula is C24H28N2O4. The lowest BCUT2D eigenvalue weighted by Crippen LogP contribution is -2.31. The highest BCUT2D eigenvalue weighted by Gasteiger charge is 2.31. The summed E-state index contributed by atoms with van der Waals surface area (Å²) < 4.78 is 11.3. The number of likely N-dealkylation sites (tertiary alicyclic amines) is 1. The van der Waals surface area contributed by atoms with Crippen molar-refractivity contribution in [2.45, 2.75) is 39.7 Å². The van der Waals surface area contributed by atoms with Gasteiger partial charge in [-0.2, -0.15) is 0 Å². The first kappa shape index (κ1) is 20.3. The van der Waals surface area contributed by atoms with Crippen molar-refractivity contribution in [2.75, 3.05) is 25.1 Å². The second kappa shape index (κ2) is 8.01. The number of hydrogen-bond acceptors (Lipinski definition) is 4. The zero-order valence-electron chi connectivity index (χ0n) is 17.7. The summed E-state index contributed by atoms with van der Waals surface area (Å²) in [6.07, 6.45) is 1.86. The van der Waals surface area contributed by atoms with E-state index in [1.807, 2.05) is 49.9 Å². The van der Waals surface area contributed by atoms with Gasteiger partial charge in [0.15, 0.2) is 11.5 Å². The third-order valence-electron chi connectivity index (χ3n) is 5.51. The van der Waals surface area contributed by atoms with E-state index in [4.69, 9.17) is 9.47 Å². The van der Waals surface area contributed by atoms with Crippen molar-refractivity contribution in [3.05, 3.63) is 53.6 Å². The van der Waals surface area contributed by atoms with E-state index < -0.39 is 5.41 Å².